The molecule has 2 N–H and O–H groups in total. The number of hydrogen-bond donors (Lipinski definition) is 2. The van der Waals surface area contributed by atoms with Crippen molar-refractivity contribution in [1.82, 2.24) is 15.5 Å². The number of carbonyl (C=O) groups excluding carboxylic acids is 1. The molecule has 1 aromatic carbocycles. The molecule has 0 radical (unpaired) electrons. The summed E-state index contributed by atoms with van der Waals surface area (Å²) < 4.78 is 13.0. The highest BCUT2D eigenvalue weighted by Crippen LogP contribution is 2.23. The molecule has 0 fully saturated rings. The fourth-order valence-electron chi connectivity index (χ4n) is 2.83. The molecule has 5 nitrogen and oxygen atoms in total. The second kappa shape index (κ2) is 8.80. The molecule has 26 heavy (non-hydrogen) atoms. The summed E-state index contributed by atoms with van der Waals surface area (Å²) in [6.45, 7) is 4.74. The number of thiophene rings is 1. The number of fused-ring (bicyclic) bond motifs is 1. The quantitative estimate of drug-likeness (QED) is 0.625. The third-order valence-electron chi connectivity index (χ3n) is 4.24. The first-order valence-corrected chi connectivity index (χ1v) is 9.63. The molecular formula is C19H23FN4OS. The molecule has 7 heteroatoms. The number of guanidine groups is 1. The van der Waals surface area contributed by atoms with E-state index in [1.165, 1.54) is 22.6 Å². The van der Waals surface area contributed by atoms with Crippen molar-refractivity contribution in [3.05, 3.63) is 57.5 Å². The van der Waals surface area contributed by atoms with Crippen molar-refractivity contribution in [3.8, 4) is 0 Å². The van der Waals surface area contributed by atoms with E-state index in [0.717, 1.165) is 18.5 Å². The van der Waals surface area contributed by atoms with E-state index in [0.29, 0.717) is 25.6 Å². The molecule has 0 saturated heterocycles. The number of nitrogens with one attached hydrogen (secondary N) is 2. The summed E-state index contributed by atoms with van der Waals surface area (Å²) in [6.07, 6.45) is 0.928. The van der Waals surface area contributed by atoms with E-state index in [1.807, 2.05) is 11.8 Å². The lowest BCUT2D eigenvalue weighted by Gasteiger charge is -2.27. The van der Waals surface area contributed by atoms with Crippen molar-refractivity contribution >= 4 is 23.2 Å². The van der Waals surface area contributed by atoms with Crippen LogP contribution in [0.3, 0.4) is 0 Å². The molecule has 0 unspecified atom stereocenters. The second-order valence-electron chi connectivity index (χ2n) is 6.11. The van der Waals surface area contributed by atoms with Gasteiger partial charge in [0.1, 0.15) is 5.82 Å². The van der Waals surface area contributed by atoms with Gasteiger partial charge < -0.3 is 15.5 Å². The van der Waals surface area contributed by atoms with Crippen molar-refractivity contribution in [2.75, 3.05) is 19.6 Å². The lowest BCUT2D eigenvalue weighted by atomic mass is 10.1. The maximum atomic E-state index is 13.0. The van der Waals surface area contributed by atoms with Crippen LogP contribution in [-0.2, 0) is 24.3 Å². The first-order valence-electron chi connectivity index (χ1n) is 8.75. The van der Waals surface area contributed by atoms with Crippen LogP contribution in [0.5, 0.6) is 0 Å². The molecule has 0 aliphatic carbocycles. The number of hydrogen-bond acceptors (Lipinski definition) is 3. The Hall–Kier alpha value is -2.41. The number of carbonyl (C=O) groups is 1. The van der Waals surface area contributed by atoms with Crippen molar-refractivity contribution in [3.63, 3.8) is 0 Å². The molecule has 2 aromatic rings. The average Bonchev–Trinajstić information content (AvgIpc) is 3.12. The molecule has 1 aliphatic rings. The minimum Gasteiger partial charge on any atom is -0.357 e. The van der Waals surface area contributed by atoms with E-state index < -0.39 is 0 Å². The van der Waals surface area contributed by atoms with Crippen LogP contribution in [0.15, 0.2) is 40.7 Å². The van der Waals surface area contributed by atoms with Gasteiger partial charge in [0.15, 0.2) is 5.96 Å². The minimum atomic E-state index is -0.260. The van der Waals surface area contributed by atoms with Gasteiger partial charge in [0.25, 0.3) is 0 Å². The van der Waals surface area contributed by atoms with Gasteiger partial charge in [-0.25, -0.2) is 9.38 Å². The summed E-state index contributed by atoms with van der Waals surface area (Å²) in [5, 5.41) is 8.31. The van der Waals surface area contributed by atoms with Crippen LogP contribution < -0.4 is 10.6 Å². The zero-order valence-electron chi connectivity index (χ0n) is 14.8. The van der Waals surface area contributed by atoms with Crippen molar-refractivity contribution < 1.29 is 9.18 Å². The summed E-state index contributed by atoms with van der Waals surface area (Å²) >= 11 is 1.76. The Morgan fingerprint density at radius 3 is 2.85 bits per heavy atom. The standard InChI is InChI=1S/C19H23FN4OS/c1-2-21-19(22-11-14-3-5-16(20)6-4-14)23-12-18(25)24-9-7-17-15(13-24)8-10-26-17/h3-6,8,10H,2,7,9,11-13H2,1H3,(H2,21,22,23). The van der Waals surface area contributed by atoms with Gasteiger partial charge in [-0.2, -0.15) is 0 Å². The molecule has 0 atom stereocenters. The topological polar surface area (TPSA) is 56.7 Å². The third kappa shape index (κ3) is 4.82. The van der Waals surface area contributed by atoms with Gasteiger partial charge >= 0.3 is 0 Å². The Bertz CT molecular complexity index is 772. The summed E-state index contributed by atoms with van der Waals surface area (Å²) in [7, 11) is 0. The molecule has 0 spiro atoms. The van der Waals surface area contributed by atoms with Crippen LogP contribution in [0.25, 0.3) is 0 Å². The molecule has 1 aromatic heterocycles. The summed E-state index contributed by atoms with van der Waals surface area (Å²) in [6, 6.07) is 8.36. The van der Waals surface area contributed by atoms with Crippen molar-refractivity contribution in [2.24, 2.45) is 4.99 Å². The molecule has 138 valence electrons. The minimum absolute atomic E-state index is 0.0641. The van der Waals surface area contributed by atoms with E-state index in [4.69, 9.17) is 0 Å². The molecular weight excluding hydrogens is 351 g/mol. The zero-order chi connectivity index (χ0) is 18.4. The van der Waals surface area contributed by atoms with Gasteiger partial charge in [-0.3, -0.25) is 4.79 Å². The number of benzene rings is 1. The Labute approximate surface area is 156 Å². The number of nitrogens with zero attached hydrogens (tertiary/aromatic N) is 2. The molecule has 0 bridgehead atoms. The first kappa shape index (κ1) is 18.4. The Kier molecular flexibility index (Phi) is 6.22. The van der Waals surface area contributed by atoms with Gasteiger partial charge in [0.05, 0.1) is 13.1 Å². The normalized spacial score (nSPS) is 14.1. The number of halogens is 1. The van der Waals surface area contributed by atoms with Crippen molar-refractivity contribution in [2.45, 2.75) is 26.4 Å². The van der Waals surface area contributed by atoms with Crippen LogP contribution in [0.2, 0.25) is 0 Å². The lowest BCUT2D eigenvalue weighted by Crippen LogP contribution is -2.45. The van der Waals surface area contributed by atoms with Crippen molar-refractivity contribution in [1.29, 1.82) is 0 Å². The highest BCUT2D eigenvalue weighted by molar-refractivity contribution is 7.10. The first-order chi connectivity index (χ1) is 12.7. The van der Waals surface area contributed by atoms with Crippen LogP contribution in [0, 0.1) is 5.82 Å². The van der Waals surface area contributed by atoms with Gasteiger partial charge in [-0.05, 0) is 48.1 Å². The fourth-order valence-corrected chi connectivity index (χ4v) is 3.72. The Balaban J connectivity index is 1.53. The lowest BCUT2D eigenvalue weighted by molar-refractivity contribution is -0.130. The average molecular weight is 374 g/mol. The number of rotatable bonds is 5. The monoisotopic (exact) mass is 374 g/mol. The molecule has 3 rings (SSSR count). The molecule has 1 amide bonds. The summed E-state index contributed by atoms with van der Waals surface area (Å²) in [5.74, 6) is 0.385. The Morgan fingerprint density at radius 2 is 2.08 bits per heavy atom. The van der Waals surface area contributed by atoms with E-state index in [2.05, 4.69) is 27.1 Å². The van der Waals surface area contributed by atoms with E-state index >= 15 is 0 Å². The van der Waals surface area contributed by atoms with Gasteiger partial charge in [-0.15, -0.1) is 11.3 Å². The number of aliphatic imine (C=N–C) groups is 1. The third-order valence-corrected chi connectivity index (χ3v) is 5.27. The van der Waals surface area contributed by atoms with Gasteiger partial charge in [0, 0.05) is 24.5 Å². The zero-order valence-corrected chi connectivity index (χ0v) is 15.6. The highest BCUT2D eigenvalue weighted by atomic mass is 32.1. The smallest absolute Gasteiger partial charge is 0.242 e. The van der Waals surface area contributed by atoms with E-state index in [-0.39, 0.29) is 18.3 Å². The maximum Gasteiger partial charge on any atom is 0.242 e. The number of amides is 1. The largest absolute Gasteiger partial charge is 0.357 e. The van der Waals surface area contributed by atoms with Crippen LogP contribution in [0.4, 0.5) is 4.39 Å². The molecule has 2 heterocycles. The summed E-state index contributed by atoms with van der Waals surface area (Å²) in [4.78, 5) is 20.2. The van der Waals surface area contributed by atoms with Gasteiger partial charge in [-0.1, -0.05) is 12.1 Å². The second-order valence-corrected chi connectivity index (χ2v) is 7.11. The predicted molar refractivity (Wildman–Crippen MR) is 103 cm³/mol. The van der Waals surface area contributed by atoms with Crippen LogP contribution in [-0.4, -0.2) is 36.4 Å². The maximum absolute atomic E-state index is 13.0. The molecule has 0 saturated carbocycles. The van der Waals surface area contributed by atoms with Gasteiger partial charge in [0.2, 0.25) is 5.91 Å². The Morgan fingerprint density at radius 1 is 1.27 bits per heavy atom. The highest BCUT2D eigenvalue weighted by Gasteiger charge is 2.21. The SMILES string of the molecule is CCNC(=NCc1ccc(F)cc1)NCC(=O)N1CCc2sccc2C1. The van der Waals surface area contributed by atoms with Crippen LogP contribution in [0.1, 0.15) is 22.9 Å². The molecule has 1 aliphatic heterocycles. The fraction of sp³-hybridized carbons (Fsp3) is 0.368. The predicted octanol–water partition coefficient (Wildman–Crippen LogP) is 2.53. The van der Waals surface area contributed by atoms with E-state index in [9.17, 15) is 9.18 Å². The van der Waals surface area contributed by atoms with E-state index in [1.54, 1.807) is 23.5 Å². The van der Waals surface area contributed by atoms with Crippen LogP contribution >= 0.6 is 11.3 Å². The summed E-state index contributed by atoms with van der Waals surface area (Å²) in [5.41, 5.74) is 2.17.